The first-order valence-electron chi connectivity index (χ1n) is 13.0. The number of aryl methyl sites for hydroxylation is 1. The third-order valence-electron chi connectivity index (χ3n) is 6.97. The number of hydrogen-bond donors (Lipinski definition) is 1. The van der Waals surface area contributed by atoms with Crippen LogP contribution in [0.3, 0.4) is 0 Å². The largest absolute Gasteiger partial charge is 0.456 e. The standard InChI is InChI=1S/C30H31N5O4S/c1-20-13-21(14-28(36)34-22-16-33-35(17-22)29(2,3)4)5-8-26(20)39-27-9-12-32-25-7-6-23(15-24(25)27)40(37,38)19-30(18-31)10-11-30/h5-9,12-13,15-17H,10-11,14,19H2,1-4H3,(H,34,36). The van der Waals surface area contributed by atoms with E-state index in [1.54, 1.807) is 41.3 Å². The third-order valence-corrected chi connectivity index (χ3v) is 8.87. The first-order valence-corrected chi connectivity index (χ1v) is 14.7. The second-order valence-electron chi connectivity index (χ2n) is 11.4. The van der Waals surface area contributed by atoms with Gasteiger partial charge in [-0.15, -0.1) is 0 Å². The van der Waals surface area contributed by atoms with Crippen molar-refractivity contribution in [2.24, 2.45) is 5.41 Å². The molecule has 40 heavy (non-hydrogen) atoms. The maximum Gasteiger partial charge on any atom is 0.228 e. The topological polar surface area (TPSA) is 127 Å². The highest BCUT2D eigenvalue weighted by Crippen LogP contribution is 2.47. The second kappa shape index (κ2) is 10.1. The molecule has 1 fully saturated rings. The Kier molecular flexibility index (Phi) is 6.88. The molecule has 0 unspecified atom stereocenters. The van der Waals surface area contributed by atoms with Gasteiger partial charge >= 0.3 is 0 Å². The number of ether oxygens (including phenoxy) is 1. The van der Waals surface area contributed by atoms with E-state index < -0.39 is 15.3 Å². The van der Waals surface area contributed by atoms with Crippen molar-refractivity contribution in [3.8, 4) is 17.6 Å². The lowest BCUT2D eigenvalue weighted by molar-refractivity contribution is -0.115. The Balaban J connectivity index is 1.32. The van der Waals surface area contributed by atoms with Crippen molar-refractivity contribution >= 4 is 32.3 Å². The summed E-state index contributed by atoms with van der Waals surface area (Å²) in [4.78, 5) is 17.1. The van der Waals surface area contributed by atoms with Crippen LogP contribution in [0.4, 0.5) is 5.69 Å². The van der Waals surface area contributed by atoms with Gasteiger partial charge in [0.05, 0.1) is 51.5 Å². The van der Waals surface area contributed by atoms with Crippen LogP contribution in [0.25, 0.3) is 10.9 Å². The third kappa shape index (κ3) is 5.84. The number of anilines is 1. The highest BCUT2D eigenvalue weighted by Gasteiger charge is 2.47. The molecule has 10 heteroatoms. The minimum absolute atomic E-state index is 0.144. The van der Waals surface area contributed by atoms with Crippen molar-refractivity contribution < 1.29 is 17.9 Å². The maximum atomic E-state index is 13.1. The Morgan fingerprint density at radius 2 is 1.93 bits per heavy atom. The van der Waals surface area contributed by atoms with Crippen LogP contribution in [0, 0.1) is 23.7 Å². The molecular formula is C30H31N5O4S. The highest BCUT2D eigenvalue weighted by atomic mass is 32.2. The van der Waals surface area contributed by atoms with Gasteiger partial charge in [-0.05, 0) is 82.0 Å². The van der Waals surface area contributed by atoms with Crippen LogP contribution in [0.15, 0.2) is 66.0 Å². The maximum absolute atomic E-state index is 13.1. The fourth-order valence-corrected chi connectivity index (χ4v) is 6.29. The summed E-state index contributed by atoms with van der Waals surface area (Å²) in [5.74, 6) is 0.705. The molecule has 0 bridgehead atoms. The number of pyridine rings is 1. The Morgan fingerprint density at radius 3 is 2.58 bits per heavy atom. The molecule has 0 aliphatic heterocycles. The van der Waals surface area contributed by atoms with E-state index in [4.69, 9.17) is 4.74 Å². The summed E-state index contributed by atoms with van der Waals surface area (Å²) in [6.45, 7) is 7.99. The number of hydrogen-bond acceptors (Lipinski definition) is 7. The lowest BCUT2D eigenvalue weighted by Gasteiger charge is -2.18. The van der Waals surface area contributed by atoms with Crippen molar-refractivity contribution in [1.29, 1.82) is 5.26 Å². The summed E-state index contributed by atoms with van der Waals surface area (Å²) >= 11 is 0. The van der Waals surface area contributed by atoms with Gasteiger partial charge in [-0.2, -0.15) is 10.4 Å². The van der Waals surface area contributed by atoms with E-state index in [0.717, 1.165) is 11.1 Å². The van der Waals surface area contributed by atoms with E-state index in [1.165, 1.54) is 6.07 Å². The molecule has 1 N–H and O–H groups in total. The number of nitriles is 1. The van der Waals surface area contributed by atoms with Crippen LogP contribution in [-0.2, 0) is 26.6 Å². The molecule has 4 aromatic rings. The number of carbonyl (C=O) groups is 1. The van der Waals surface area contributed by atoms with Gasteiger partial charge in [-0.25, -0.2) is 8.42 Å². The molecule has 2 aromatic carbocycles. The molecule has 0 radical (unpaired) electrons. The lowest BCUT2D eigenvalue weighted by Crippen LogP contribution is -2.22. The van der Waals surface area contributed by atoms with Crippen molar-refractivity contribution in [3.63, 3.8) is 0 Å². The summed E-state index contributed by atoms with van der Waals surface area (Å²) in [6.07, 6.45) is 6.44. The van der Waals surface area contributed by atoms with E-state index in [0.29, 0.717) is 40.9 Å². The van der Waals surface area contributed by atoms with Crippen molar-refractivity contribution in [3.05, 3.63) is 72.2 Å². The average Bonchev–Trinajstić information content (AvgIpc) is 3.49. The molecule has 1 aliphatic carbocycles. The number of carbonyl (C=O) groups excluding carboxylic acids is 1. The predicted molar refractivity (Wildman–Crippen MR) is 152 cm³/mol. The molecule has 0 saturated heterocycles. The molecule has 0 spiro atoms. The first-order chi connectivity index (χ1) is 18.9. The van der Waals surface area contributed by atoms with Gasteiger partial charge in [0.15, 0.2) is 9.84 Å². The Morgan fingerprint density at radius 1 is 1.15 bits per heavy atom. The monoisotopic (exact) mass is 557 g/mol. The summed E-state index contributed by atoms with van der Waals surface area (Å²) in [6, 6.07) is 14.1. The highest BCUT2D eigenvalue weighted by molar-refractivity contribution is 7.91. The zero-order valence-electron chi connectivity index (χ0n) is 22.9. The van der Waals surface area contributed by atoms with E-state index in [-0.39, 0.29) is 28.5 Å². The van der Waals surface area contributed by atoms with Gasteiger partial charge in [0.2, 0.25) is 5.91 Å². The number of sulfone groups is 1. The molecule has 5 rings (SSSR count). The number of benzene rings is 2. The van der Waals surface area contributed by atoms with E-state index in [9.17, 15) is 18.5 Å². The Bertz CT molecular complexity index is 1760. The van der Waals surface area contributed by atoms with Crippen molar-refractivity contribution in [1.82, 2.24) is 14.8 Å². The van der Waals surface area contributed by atoms with Gasteiger partial charge in [-0.3, -0.25) is 14.5 Å². The Labute approximate surface area is 233 Å². The molecule has 1 amide bonds. The van der Waals surface area contributed by atoms with E-state index in [1.807, 2.05) is 46.0 Å². The average molecular weight is 558 g/mol. The number of amides is 1. The van der Waals surface area contributed by atoms with Crippen LogP contribution in [-0.4, -0.2) is 34.8 Å². The molecular weight excluding hydrogens is 526 g/mol. The number of rotatable bonds is 8. The fraction of sp³-hybridized carbons (Fsp3) is 0.333. The van der Waals surface area contributed by atoms with Gasteiger partial charge in [-0.1, -0.05) is 12.1 Å². The predicted octanol–water partition coefficient (Wildman–Crippen LogP) is 5.55. The summed E-state index contributed by atoms with van der Waals surface area (Å²) in [5, 5.41) is 17.1. The molecule has 206 valence electrons. The molecule has 0 atom stereocenters. The first kappa shape index (κ1) is 27.3. The molecule has 1 aliphatic rings. The van der Waals surface area contributed by atoms with Crippen LogP contribution in [0.2, 0.25) is 0 Å². The van der Waals surface area contributed by atoms with Gasteiger partial charge in [0.25, 0.3) is 0 Å². The number of nitrogens with one attached hydrogen (secondary N) is 1. The van der Waals surface area contributed by atoms with Crippen molar-refractivity contribution in [2.75, 3.05) is 11.1 Å². The minimum atomic E-state index is -3.65. The van der Waals surface area contributed by atoms with Gasteiger partial charge in [0, 0.05) is 17.8 Å². The van der Waals surface area contributed by atoms with E-state index >= 15 is 0 Å². The quantitative estimate of drug-likeness (QED) is 0.301. The van der Waals surface area contributed by atoms with E-state index in [2.05, 4.69) is 21.5 Å². The summed E-state index contributed by atoms with van der Waals surface area (Å²) in [5.41, 5.74) is 1.94. The zero-order valence-corrected chi connectivity index (χ0v) is 23.7. The molecule has 2 heterocycles. The zero-order chi connectivity index (χ0) is 28.7. The van der Waals surface area contributed by atoms with Crippen LogP contribution in [0.5, 0.6) is 11.5 Å². The van der Waals surface area contributed by atoms with Crippen LogP contribution >= 0.6 is 0 Å². The summed E-state index contributed by atoms with van der Waals surface area (Å²) < 4.78 is 34.1. The Hall–Kier alpha value is -4.23. The van der Waals surface area contributed by atoms with Gasteiger partial charge < -0.3 is 10.1 Å². The number of aromatic nitrogens is 3. The normalized spacial score (nSPS) is 14.5. The molecule has 2 aromatic heterocycles. The van der Waals surface area contributed by atoms with Crippen LogP contribution in [0.1, 0.15) is 44.7 Å². The number of fused-ring (bicyclic) bond motifs is 1. The second-order valence-corrected chi connectivity index (χ2v) is 13.4. The van der Waals surface area contributed by atoms with Gasteiger partial charge in [0.1, 0.15) is 11.5 Å². The molecule has 9 nitrogen and oxygen atoms in total. The lowest BCUT2D eigenvalue weighted by atomic mass is 10.1. The van der Waals surface area contributed by atoms with Crippen LogP contribution < -0.4 is 10.1 Å². The fourth-order valence-electron chi connectivity index (χ4n) is 4.47. The number of nitrogens with zero attached hydrogens (tertiary/aromatic N) is 4. The molecule has 1 saturated carbocycles. The smallest absolute Gasteiger partial charge is 0.228 e. The minimum Gasteiger partial charge on any atom is -0.456 e. The summed E-state index contributed by atoms with van der Waals surface area (Å²) in [7, 11) is -3.65. The SMILES string of the molecule is Cc1cc(CC(=O)Nc2cnn(C(C)(C)C)c2)ccc1Oc1ccnc2ccc(S(=O)(=O)CC3(C#N)CC3)cc12. The van der Waals surface area contributed by atoms with Crippen molar-refractivity contribution in [2.45, 2.75) is 57.4 Å².